The lowest BCUT2D eigenvalue weighted by atomic mass is 10.2. The summed E-state index contributed by atoms with van der Waals surface area (Å²) in [6.07, 6.45) is 0.952. The van der Waals surface area contributed by atoms with Gasteiger partial charge in [-0.3, -0.25) is 9.59 Å². The molecule has 0 fully saturated rings. The van der Waals surface area contributed by atoms with Crippen LogP contribution in [0.1, 0.15) is 38.4 Å². The molecule has 0 saturated heterocycles. The van der Waals surface area contributed by atoms with Gasteiger partial charge in [0.2, 0.25) is 5.91 Å². The third-order valence-corrected chi connectivity index (χ3v) is 2.21. The van der Waals surface area contributed by atoms with Gasteiger partial charge in [0.05, 0.1) is 0 Å². The van der Waals surface area contributed by atoms with Gasteiger partial charge in [-0.2, -0.15) is 0 Å². The number of nitrogens with one attached hydrogen (secondary N) is 2. The van der Waals surface area contributed by atoms with Gasteiger partial charge in [0.25, 0.3) is 5.56 Å². The number of aromatic amines is 1. The topological polar surface area (TPSA) is 101 Å². The summed E-state index contributed by atoms with van der Waals surface area (Å²) in [5.74, 6) is 1.01. The molecule has 0 saturated carbocycles. The molecule has 6 heteroatoms. The number of nitrogens with two attached hydrogens (primary N) is 1. The average molecular weight is 238 g/mol. The number of nitrogens with zero attached hydrogens (tertiary/aromatic N) is 1. The van der Waals surface area contributed by atoms with E-state index in [0.29, 0.717) is 31.0 Å². The quantitative estimate of drug-likeness (QED) is 0.631. The predicted molar refractivity (Wildman–Crippen MR) is 65.9 cm³/mol. The van der Waals surface area contributed by atoms with Gasteiger partial charge in [0, 0.05) is 24.9 Å². The van der Waals surface area contributed by atoms with Gasteiger partial charge >= 0.3 is 0 Å². The standard InChI is InChI=1S/C11H18N4O2/c1-7(2)11-14-9(6-10(17)15-11)13-5-3-4-8(12)16/h6-7H,3-5H2,1-2H3,(H2,12,16)(H2,13,14,15,17). The summed E-state index contributed by atoms with van der Waals surface area (Å²) in [7, 11) is 0. The highest BCUT2D eigenvalue weighted by Crippen LogP contribution is 2.08. The number of H-pyrrole nitrogens is 1. The molecule has 1 aromatic rings. The Hall–Kier alpha value is -1.85. The Labute approximate surface area is 99.6 Å². The normalized spacial score (nSPS) is 10.5. The van der Waals surface area contributed by atoms with Crippen molar-refractivity contribution >= 4 is 11.7 Å². The smallest absolute Gasteiger partial charge is 0.252 e. The van der Waals surface area contributed by atoms with Crippen LogP contribution in [0.3, 0.4) is 0 Å². The van der Waals surface area contributed by atoms with Gasteiger partial charge in [0.15, 0.2) is 0 Å². The average Bonchev–Trinajstić information content (AvgIpc) is 2.23. The van der Waals surface area contributed by atoms with Gasteiger partial charge in [-0.05, 0) is 6.42 Å². The lowest BCUT2D eigenvalue weighted by Crippen LogP contribution is -2.16. The van der Waals surface area contributed by atoms with Crippen molar-refractivity contribution in [2.24, 2.45) is 5.73 Å². The summed E-state index contributed by atoms with van der Waals surface area (Å²) in [6, 6.07) is 1.40. The maximum absolute atomic E-state index is 11.3. The van der Waals surface area contributed by atoms with E-state index in [2.05, 4.69) is 15.3 Å². The lowest BCUT2D eigenvalue weighted by molar-refractivity contribution is -0.118. The van der Waals surface area contributed by atoms with E-state index in [1.54, 1.807) is 0 Å². The number of amides is 1. The third kappa shape index (κ3) is 4.67. The number of anilines is 1. The Balaban J connectivity index is 2.59. The van der Waals surface area contributed by atoms with Gasteiger partial charge in [-0.1, -0.05) is 13.8 Å². The van der Waals surface area contributed by atoms with Gasteiger partial charge < -0.3 is 16.0 Å². The van der Waals surface area contributed by atoms with E-state index in [0.717, 1.165) is 0 Å². The van der Waals surface area contributed by atoms with E-state index in [4.69, 9.17) is 5.73 Å². The summed E-state index contributed by atoms with van der Waals surface area (Å²) in [4.78, 5) is 28.8. The minimum Gasteiger partial charge on any atom is -0.370 e. The maximum Gasteiger partial charge on any atom is 0.252 e. The van der Waals surface area contributed by atoms with Crippen LogP contribution in [0, 0.1) is 0 Å². The molecule has 0 atom stereocenters. The zero-order valence-electron chi connectivity index (χ0n) is 10.1. The summed E-state index contributed by atoms with van der Waals surface area (Å²) < 4.78 is 0. The molecule has 6 nitrogen and oxygen atoms in total. The minimum absolute atomic E-state index is 0.162. The van der Waals surface area contributed by atoms with Crippen molar-refractivity contribution in [3.05, 3.63) is 22.2 Å². The van der Waals surface area contributed by atoms with Crippen LogP contribution in [0.25, 0.3) is 0 Å². The van der Waals surface area contributed by atoms with Crippen molar-refractivity contribution in [2.75, 3.05) is 11.9 Å². The molecule has 0 spiro atoms. The van der Waals surface area contributed by atoms with E-state index in [-0.39, 0.29) is 17.4 Å². The summed E-state index contributed by atoms with van der Waals surface area (Å²) in [5.41, 5.74) is 4.84. The number of aromatic nitrogens is 2. The first kappa shape index (κ1) is 13.2. The fraction of sp³-hybridized carbons (Fsp3) is 0.545. The highest BCUT2D eigenvalue weighted by Gasteiger charge is 2.04. The van der Waals surface area contributed by atoms with Crippen molar-refractivity contribution in [1.82, 2.24) is 9.97 Å². The van der Waals surface area contributed by atoms with Crippen molar-refractivity contribution in [1.29, 1.82) is 0 Å². The summed E-state index contributed by atoms with van der Waals surface area (Å²) in [5, 5.41) is 3.00. The first-order valence-electron chi connectivity index (χ1n) is 5.62. The van der Waals surface area contributed by atoms with Gasteiger partial charge in [0.1, 0.15) is 11.6 Å². The number of carbonyl (C=O) groups is 1. The molecule has 4 N–H and O–H groups in total. The van der Waals surface area contributed by atoms with Crippen LogP contribution >= 0.6 is 0 Å². The minimum atomic E-state index is -0.325. The van der Waals surface area contributed by atoms with Crippen LogP contribution in [0.15, 0.2) is 10.9 Å². The maximum atomic E-state index is 11.3. The largest absolute Gasteiger partial charge is 0.370 e. The van der Waals surface area contributed by atoms with Crippen molar-refractivity contribution in [2.45, 2.75) is 32.6 Å². The lowest BCUT2D eigenvalue weighted by Gasteiger charge is -2.08. The molecule has 94 valence electrons. The molecule has 1 rings (SSSR count). The molecular formula is C11H18N4O2. The second-order valence-electron chi connectivity index (χ2n) is 4.17. The van der Waals surface area contributed by atoms with E-state index < -0.39 is 0 Å². The SMILES string of the molecule is CC(C)c1nc(NCCCC(N)=O)cc(=O)[nH]1. The van der Waals surface area contributed by atoms with Crippen LogP contribution in [0.2, 0.25) is 0 Å². The third-order valence-electron chi connectivity index (χ3n) is 2.21. The van der Waals surface area contributed by atoms with E-state index in [9.17, 15) is 9.59 Å². The van der Waals surface area contributed by atoms with Crippen molar-refractivity contribution < 1.29 is 4.79 Å². The zero-order valence-corrected chi connectivity index (χ0v) is 10.1. The summed E-state index contributed by atoms with van der Waals surface area (Å²) in [6.45, 7) is 4.47. The van der Waals surface area contributed by atoms with E-state index >= 15 is 0 Å². The molecule has 0 aliphatic rings. The van der Waals surface area contributed by atoms with Crippen molar-refractivity contribution in [3.8, 4) is 0 Å². The number of primary amides is 1. The fourth-order valence-electron chi connectivity index (χ4n) is 1.32. The molecule has 17 heavy (non-hydrogen) atoms. The van der Waals surface area contributed by atoms with Gasteiger partial charge in [-0.25, -0.2) is 4.98 Å². The second kappa shape index (κ2) is 6.03. The van der Waals surface area contributed by atoms with Crippen molar-refractivity contribution in [3.63, 3.8) is 0 Å². The van der Waals surface area contributed by atoms with Crippen LogP contribution in [0.5, 0.6) is 0 Å². The molecule has 1 aromatic heterocycles. The fourth-order valence-corrected chi connectivity index (χ4v) is 1.32. The van der Waals surface area contributed by atoms with Gasteiger partial charge in [-0.15, -0.1) is 0 Å². The predicted octanol–water partition coefficient (Wildman–Crippen LogP) is 0.571. The van der Waals surface area contributed by atoms with Crippen LogP contribution < -0.4 is 16.6 Å². The first-order valence-corrected chi connectivity index (χ1v) is 5.62. The number of hydrogen-bond acceptors (Lipinski definition) is 4. The molecule has 1 heterocycles. The summed E-state index contributed by atoms with van der Waals surface area (Å²) >= 11 is 0. The highest BCUT2D eigenvalue weighted by atomic mass is 16.1. The Morgan fingerprint density at radius 1 is 1.59 bits per heavy atom. The van der Waals surface area contributed by atoms with E-state index in [1.807, 2.05) is 13.8 Å². The molecular weight excluding hydrogens is 220 g/mol. The van der Waals surface area contributed by atoms with Crippen LogP contribution in [-0.2, 0) is 4.79 Å². The molecule has 0 aromatic carbocycles. The van der Waals surface area contributed by atoms with E-state index in [1.165, 1.54) is 6.07 Å². The Bertz CT molecular complexity index is 439. The first-order chi connectivity index (χ1) is 7.99. The Morgan fingerprint density at radius 2 is 2.29 bits per heavy atom. The number of rotatable bonds is 6. The molecule has 0 bridgehead atoms. The monoisotopic (exact) mass is 238 g/mol. The van der Waals surface area contributed by atoms with Crippen LogP contribution in [-0.4, -0.2) is 22.4 Å². The Morgan fingerprint density at radius 3 is 2.88 bits per heavy atom. The molecule has 0 radical (unpaired) electrons. The van der Waals surface area contributed by atoms with Crippen LogP contribution in [0.4, 0.5) is 5.82 Å². The Kier molecular flexibility index (Phi) is 4.68. The zero-order chi connectivity index (χ0) is 12.8. The highest BCUT2D eigenvalue weighted by molar-refractivity contribution is 5.73. The molecule has 0 aliphatic heterocycles. The molecule has 0 unspecified atom stereocenters. The molecule has 0 aliphatic carbocycles. The number of carbonyl (C=O) groups excluding carboxylic acids is 1. The second-order valence-corrected chi connectivity index (χ2v) is 4.17. The molecule has 1 amide bonds. The number of hydrogen-bond donors (Lipinski definition) is 3.